The molecule has 1 fully saturated rings. The zero-order valence-electron chi connectivity index (χ0n) is 20.6. The standard InChI is InChI=1S/C28H30N6O2/c1-16-19(9-6-10-21(16)36-3)17(2)23-22-25(33-32-23)30-27(31-26(22)35)34-13-11-28(12-14-34)15-18-7-4-5-8-20(18)24(28)29/h4-10,24H,2,11-15,29H2,1,3H3,(H2,30,31,32,33,35)/t24-/m1/s1. The number of nitrogens with zero attached hydrogens (tertiary/aromatic N) is 3. The van der Waals surface area contributed by atoms with E-state index in [0.717, 1.165) is 49.2 Å². The summed E-state index contributed by atoms with van der Waals surface area (Å²) in [4.78, 5) is 23.1. The number of H-pyrrole nitrogens is 2. The number of fused-ring (bicyclic) bond motifs is 2. The molecule has 2 aromatic carbocycles. The molecule has 1 aliphatic heterocycles. The van der Waals surface area contributed by atoms with E-state index in [4.69, 9.17) is 15.5 Å². The molecule has 2 aromatic heterocycles. The Hall–Kier alpha value is -3.91. The van der Waals surface area contributed by atoms with Crippen molar-refractivity contribution in [2.24, 2.45) is 11.1 Å². The number of aromatic amines is 2. The van der Waals surface area contributed by atoms with E-state index in [1.54, 1.807) is 7.11 Å². The Labute approximate surface area is 209 Å². The number of hydrogen-bond acceptors (Lipinski definition) is 6. The molecule has 36 heavy (non-hydrogen) atoms. The highest BCUT2D eigenvalue weighted by molar-refractivity contribution is 5.93. The van der Waals surface area contributed by atoms with Crippen LogP contribution in [0.1, 0.15) is 46.8 Å². The first kappa shape index (κ1) is 22.5. The molecule has 4 aromatic rings. The lowest BCUT2D eigenvalue weighted by Crippen LogP contribution is -2.45. The Balaban J connectivity index is 1.27. The van der Waals surface area contributed by atoms with Crippen molar-refractivity contribution in [3.8, 4) is 5.75 Å². The maximum Gasteiger partial charge on any atom is 0.264 e. The van der Waals surface area contributed by atoms with E-state index in [9.17, 15) is 4.79 Å². The first-order valence-electron chi connectivity index (χ1n) is 12.3. The first-order chi connectivity index (χ1) is 17.4. The Morgan fingerprint density at radius 1 is 1.19 bits per heavy atom. The quantitative estimate of drug-likeness (QED) is 0.407. The lowest BCUT2D eigenvalue weighted by atomic mass is 9.73. The van der Waals surface area contributed by atoms with Gasteiger partial charge in [-0.2, -0.15) is 10.1 Å². The number of methoxy groups -OCH3 is 1. The van der Waals surface area contributed by atoms with Gasteiger partial charge in [-0.1, -0.05) is 43.0 Å². The average Bonchev–Trinajstić information content (AvgIpc) is 3.44. The minimum atomic E-state index is -0.231. The van der Waals surface area contributed by atoms with Crippen molar-refractivity contribution in [3.05, 3.63) is 87.3 Å². The summed E-state index contributed by atoms with van der Waals surface area (Å²) >= 11 is 0. The number of hydrogen-bond donors (Lipinski definition) is 3. The van der Waals surface area contributed by atoms with Gasteiger partial charge < -0.3 is 15.4 Å². The van der Waals surface area contributed by atoms with Crippen LogP contribution in [0.15, 0.2) is 53.8 Å². The number of piperidine rings is 1. The molecule has 4 N–H and O–H groups in total. The second kappa shape index (κ2) is 8.34. The maximum atomic E-state index is 13.3. The zero-order chi connectivity index (χ0) is 25.0. The summed E-state index contributed by atoms with van der Waals surface area (Å²) in [6.45, 7) is 7.77. The van der Waals surface area contributed by atoms with E-state index >= 15 is 0 Å². The van der Waals surface area contributed by atoms with E-state index in [0.29, 0.717) is 28.2 Å². The van der Waals surface area contributed by atoms with Gasteiger partial charge in [-0.25, -0.2) is 0 Å². The number of nitrogens with one attached hydrogen (secondary N) is 2. The molecular weight excluding hydrogens is 452 g/mol. The van der Waals surface area contributed by atoms with Gasteiger partial charge in [0.15, 0.2) is 5.65 Å². The topological polar surface area (TPSA) is 113 Å². The molecule has 8 heteroatoms. The van der Waals surface area contributed by atoms with Crippen LogP contribution in [0.2, 0.25) is 0 Å². The zero-order valence-corrected chi connectivity index (χ0v) is 20.6. The summed E-state index contributed by atoms with van der Waals surface area (Å²) in [6, 6.07) is 14.3. The minimum absolute atomic E-state index is 0.0478. The van der Waals surface area contributed by atoms with Gasteiger partial charge in [-0.05, 0) is 59.9 Å². The molecule has 0 saturated carbocycles. The molecular formula is C28H30N6O2. The summed E-state index contributed by atoms with van der Waals surface area (Å²) in [5.41, 5.74) is 12.6. The molecule has 184 valence electrons. The Morgan fingerprint density at radius 2 is 1.97 bits per heavy atom. The van der Waals surface area contributed by atoms with Crippen LogP contribution in [0.25, 0.3) is 16.6 Å². The van der Waals surface area contributed by atoms with Crippen molar-refractivity contribution >= 4 is 22.6 Å². The van der Waals surface area contributed by atoms with Gasteiger partial charge in [-0.15, -0.1) is 0 Å². The Morgan fingerprint density at radius 3 is 2.72 bits per heavy atom. The number of anilines is 1. The van der Waals surface area contributed by atoms with E-state index in [1.807, 2.05) is 25.1 Å². The molecule has 0 unspecified atom stereocenters. The fraction of sp³-hybridized carbons (Fsp3) is 0.321. The van der Waals surface area contributed by atoms with Crippen molar-refractivity contribution in [2.75, 3.05) is 25.1 Å². The van der Waals surface area contributed by atoms with Crippen LogP contribution >= 0.6 is 0 Å². The molecule has 2 aliphatic rings. The lowest BCUT2D eigenvalue weighted by Gasteiger charge is -2.42. The van der Waals surface area contributed by atoms with Gasteiger partial charge in [0, 0.05) is 24.7 Å². The fourth-order valence-electron chi connectivity index (χ4n) is 6.05. The van der Waals surface area contributed by atoms with E-state index in [-0.39, 0.29) is 17.0 Å². The third kappa shape index (κ3) is 3.36. The van der Waals surface area contributed by atoms with Crippen LogP contribution in [0.3, 0.4) is 0 Å². The van der Waals surface area contributed by atoms with Crippen molar-refractivity contribution in [1.82, 2.24) is 20.2 Å². The van der Waals surface area contributed by atoms with Crippen LogP contribution in [-0.4, -0.2) is 40.4 Å². The molecule has 0 amide bonds. The Kier molecular flexibility index (Phi) is 5.22. The average molecular weight is 483 g/mol. The lowest BCUT2D eigenvalue weighted by molar-refractivity contribution is 0.187. The van der Waals surface area contributed by atoms with Gasteiger partial charge >= 0.3 is 0 Å². The molecule has 1 saturated heterocycles. The summed E-state index contributed by atoms with van der Waals surface area (Å²) in [6.07, 6.45) is 2.91. The SMILES string of the molecule is C=C(c1cccc(OC)c1C)c1n[nH]c2nc(N3CCC4(CC3)Cc3ccccc3[C@H]4N)[nH]c(=O)c12. The van der Waals surface area contributed by atoms with Crippen LogP contribution in [0.5, 0.6) is 5.75 Å². The van der Waals surface area contributed by atoms with Crippen molar-refractivity contribution in [2.45, 2.75) is 32.2 Å². The fourth-order valence-corrected chi connectivity index (χ4v) is 6.05. The van der Waals surface area contributed by atoms with Crippen LogP contribution in [0.4, 0.5) is 5.95 Å². The summed E-state index contributed by atoms with van der Waals surface area (Å²) in [7, 11) is 1.64. The van der Waals surface area contributed by atoms with Gasteiger partial charge in [0.05, 0.1) is 7.11 Å². The van der Waals surface area contributed by atoms with Crippen molar-refractivity contribution in [1.29, 1.82) is 0 Å². The second-order valence-corrected chi connectivity index (χ2v) is 10.00. The molecule has 3 heterocycles. The molecule has 0 radical (unpaired) electrons. The van der Waals surface area contributed by atoms with Gasteiger partial charge in [0.25, 0.3) is 5.56 Å². The first-order valence-corrected chi connectivity index (χ1v) is 12.3. The summed E-state index contributed by atoms with van der Waals surface area (Å²) < 4.78 is 5.44. The van der Waals surface area contributed by atoms with Crippen molar-refractivity contribution in [3.63, 3.8) is 0 Å². The van der Waals surface area contributed by atoms with E-state index in [2.05, 4.69) is 50.9 Å². The molecule has 1 aliphatic carbocycles. The van der Waals surface area contributed by atoms with Gasteiger partial charge in [0.2, 0.25) is 5.95 Å². The van der Waals surface area contributed by atoms with Crippen LogP contribution in [0, 0.1) is 12.3 Å². The maximum absolute atomic E-state index is 13.3. The molecule has 6 rings (SSSR count). The summed E-state index contributed by atoms with van der Waals surface area (Å²) in [5.74, 6) is 1.32. The predicted molar refractivity (Wildman–Crippen MR) is 141 cm³/mol. The number of rotatable bonds is 4. The number of benzene rings is 2. The second-order valence-electron chi connectivity index (χ2n) is 10.00. The molecule has 1 spiro atoms. The third-order valence-corrected chi connectivity index (χ3v) is 8.18. The highest BCUT2D eigenvalue weighted by atomic mass is 16.5. The molecule has 0 bridgehead atoms. The van der Waals surface area contributed by atoms with Crippen LogP contribution in [-0.2, 0) is 6.42 Å². The molecule has 1 atom stereocenters. The van der Waals surface area contributed by atoms with E-state index < -0.39 is 0 Å². The normalized spacial score (nSPS) is 18.5. The minimum Gasteiger partial charge on any atom is -0.496 e. The highest BCUT2D eigenvalue weighted by Gasteiger charge is 2.46. The van der Waals surface area contributed by atoms with Gasteiger partial charge in [0.1, 0.15) is 16.8 Å². The smallest absolute Gasteiger partial charge is 0.264 e. The largest absolute Gasteiger partial charge is 0.496 e. The number of ether oxygens (including phenoxy) is 1. The van der Waals surface area contributed by atoms with E-state index in [1.165, 1.54) is 11.1 Å². The summed E-state index contributed by atoms with van der Waals surface area (Å²) in [5, 5.41) is 7.79. The predicted octanol–water partition coefficient (Wildman–Crippen LogP) is 3.87. The number of nitrogens with two attached hydrogens (primary N) is 1. The van der Waals surface area contributed by atoms with Crippen molar-refractivity contribution < 1.29 is 4.74 Å². The molecule has 8 nitrogen and oxygen atoms in total. The number of aromatic nitrogens is 4. The Bertz CT molecular complexity index is 1540. The highest BCUT2D eigenvalue weighted by Crippen LogP contribution is 2.50. The van der Waals surface area contributed by atoms with Crippen LogP contribution < -0.4 is 20.9 Å². The monoisotopic (exact) mass is 482 g/mol. The van der Waals surface area contributed by atoms with Gasteiger partial charge in [-0.3, -0.25) is 14.9 Å². The third-order valence-electron chi connectivity index (χ3n) is 8.18.